The fraction of sp³-hybridized carbons (Fsp3) is 0.593. The van der Waals surface area contributed by atoms with E-state index in [2.05, 4.69) is 10.6 Å². The zero-order valence-electron chi connectivity index (χ0n) is 23.1. The maximum atomic E-state index is 13.5. The zero-order chi connectivity index (χ0) is 28.6. The predicted molar refractivity (Wildman–Crippen MR) is 144 cm³/mol. The number of hydrogen-bond acceptors (Lipinski definition) is 8. The Bertz CT molecular complexity index is 1010. The molecule has 0 aliphatic carbocycles. The summed E-state index contributed by atoms with van der Waals surface area (Å²) in [4.78, 5) is 65.9. The van der Waals surface area contributed by atoms with Crippen LogP contribution in [0.4, 0.5) is 4.79 Å². The van der Waals surface area contributed by atoms with Crippen LogP contribution in [0.3, 0.4) is 0 Å². The van der Waals surface area contributed by atoms with Crippen LogP contribution in [0.1, 0.15) is 54.0 Å². The van der Waals surface area contributed by atoms with Gasteiger partial charge in [0.15, 0.2) is 0 Å². The third-order valence-electron chi connectivity index (χ3n) is 5.53. The highest BCUT2D eigenvalue weighted by Crippen LogP contribution is 2.24. The lowest BCUT2D eigenvalue weighted by atomic mass is 10.0. The number of carbonyl (C=O) groups excluding carboxylic acids is 5. The molecular weight excluding hydrogens is 510 g/mol. The van der Waals surface area contributed by atoms with Gasteiger partial charge in [-0.1, -0.05) is 44.2 Å². The molecule has 1 aliphatic heterocycles. The van der Waals surface area contributed by atoms with Crippen LogP contribution in [0.15, 0.2) is 30.3 Å². The van der Waals surface area contributed by atoms with E-state index in [0.717, 1.165) is 5.56 Å². The molecule has 0 radical (unpaired) electrons. The molecule has 1 fully saturated rings. The van der Waals surface area contributed by atoms with Gasteiger partial charge in [0.2, 0.25) is 11.8 Å². The third kappa shape index (κ3) is 9.34. The largest absolute Gasteiger partial charge is 0.457 e. The minimum Gasteiger partial charge on any atom is -0.457 e. The van der Waals surface area contributed by atoms with Gasteiger partial charge in [0.05, 0.1) is 12.0 Å². The highest BCUT2D eigenvalue weighted by molar-refractivity contribution is 7.99. The number of rotatable bonds is 10. The molecule has 0 bridgehead atoms. The van der Waals surface area contributed by atoms with Crippen LogP contribution in [-0.2, 0) is 35.1 Å². The lowest BCUT2D eigenvalue weighted by molar-refractivity contribution is -0.158. The molecule has 1 aliphatic rings. The second-order valence-corrected chi connectivity index (χ2v) is 11.8. The van der Waals surface area contributed by atoms with E-state index in [1.807, 2.05) is 6.07 Å². The van der Waals surface area contributed by atoms with Crippen molar-refractivity contribution in [3.8, 4) is 0 Å². The summed E-state index contributed by atoms with van der Waals surface area (Å²) in [5, 5.41) is 5.30. The Hall–Kier alpha value is -3.08. The van der Waals surface area contributed by atoms with Gasteiger partial charge in [-0.3, -0.25) is 14.4 Å². The van der Waals surface area contributed by atoms with Crippen molar-refractivity contribution >= 4 is 41.4 Å². The molecule has 0 unspecified atom stereocenters. The molecule has 210 valence electrons. The zero-order valence-corrected chi connectivity index (χ0v) is 23.9. The molecule has 0 saturated carbocycles. The molecule has 1 aromatic carbocycles. The van der Waals surface area contributed by atoms with Crippen molar-refractivity contribution in [2.75, 3.05) is 11.6 Å². The Morgan fingerprint density at radius 3 is 2.21 bits per heavy atom. The average molecular weight is 550 g/mol. The molecule has 1 saturated heterocycles. The Balaban J connectivity index is 2.20. The summed E-state index contributed by atoms with van der Waals surface area (Å²) in [5.74, 6) is -2.62. The molecule has 2 rings (SSSR count). The number of thioether (sulfide) groups is 1. The SMILES string of the molecule is CC(C)OC(=O)C(=O)[C@H](Cc1ccccc1)NC(=O)[C@@H]1CSCN1C(=O)[C@@H](NC(=O)OC(C)(C)C)C(C)C. The van der Waals surface area contributed by atoms with Gasteiger partial charge in [0.1, 0.15) is 23.7 Å². The standard InChI is InChI=1S/C27H39N3O7S/c1-16(2)21(29-26(35)37-27(5,6)7)24(33)30-15-38-14-20(30)23(32)28-19(13-18-11-9-8-10-12-18)22(31)25(34)36-17(3)4/h8-12,16-17,19-21H,13-15H2,1-7H3,(H,28,32)(H,29,35)/t19-,20-,21-/m0/s1. The van der Waals surface area contributed by atoms with Crippen molar-refractivity contribution in [2.45, 2.75) is 84.7 Å². The second-order valence-electron chi connectivity index (χ2n) is 10.8. The number of ketones is 1. The summed E-state index contributed by atoms with van der Waals surface area (Å²) in [6.45, 7) is 12.0. The molecule has 2 N–H and O–H groups in total. The van der Waals surface area contributed by atoms with Crippen LogP contribution in [-0.4, -0.2) is 76.0 Å². The van der Waals surface area contributed by atoms with E-state index in [9.17, 15) is 24.0 Å². The topological polar surface area (TPSA) is 131 Å². The smallest absolute Gasteiger partial charge is 0.408 e. The summed E-state index contributed by atoms with van der Waals surface area (Å²) < 4.78 is 10.4. The number of hydrogen-bond donors (Lipinski definition) is 2. The molecule has 10 nitrogen and oxygen atoms in total. The van der Waals surface area contributed by atoms with Gasteiger partial charge < -0.3 is 25.0 Å². The molecular formula is C27H39N3O7S. The number of alkyl carbamates (subject to hydrolysis) is 1. The first-order chi connectivity index (χ1) is 17.7. The van der Waals surface area contributed by atoms with E-state index in [-0.39, 0.29) is 18.2 Å². The average Bonchev–Trinajstić information content (AvgIpc) is 3.30. The molecule has 1 aromatic rings. The molecule has 38 heavy (non-hydrogen) atoms. The van der Waals surface area contributed by atoms with Crippen molar-refractivity contribution < 1.29 is 33.4 Å². The highest BCUT2D eigenvalue weighted by Gasteiger charge is 2.41. The van der Waals surface area contributed by atoms with Gasteiger partial charge in [-0.25, -0.2) is 9.59 Å². The Kier molecular flexibility index (Phi) is 11.2. The monoisotopic (exact) mass is 549 g/mol. The molecule has 11 heteroatoms. The maximum Gasteiger partial charge on any atom is 0.408 e. The summed E-state index contributed by atoms with van der Waals surface area (Å²) in [5.41, 5.74) is 0.0103. The van der Waals surface area contributed by atoms with Gasteiger partial charge in [-0.05, 0) is 46.1 Å². The summed E-state index contributed by atoms with van der Waals surface area (Å²) >= 11 is 1.38. The minimum absolute atomic E-state index is 0.0846. The second kappa shape index (κ2) is 13.6. The third-order valence-corrected chi connectivity index (χ3v) is 6.54. The number of benzene rings is 1. The molecule has 1 heterocycles. The van der Waals surface area contributed by atoms with Crippen molar-refractivity contribution in [1.82, 2.24) is 15.5 Å². The number of amides is 3. The lowest BCUT2D eigenvalue weighted by Gasteiger charge is -2.31. The van der Waals surface area contributed by atoms with Gasteiger partial charge >= 0.3 is 12.1 Å². The highest BCUT2D eigenvalue weighted by atomic mass is 32.2. The fourth-order valence-corrected chi connectivity index (χ4v) is 4.91. The van der Waals surface area contributed by atoms with E-state index >= 15 is 0 Å². The number of Topliss-reactive ketones (excluding diaryl/α,β-unsaturated/α-hetero) is 1. The first kappa shape index (κ1) is 31.1. The van der Waals surface area contributed by atoms with E-state index in [4.69, 9.17) is 9.47 Å². The fourth-order valence-electron chi connectivity index (χ4n) is 3.75. The maximum absolute atomic E-state index is 13.5. The number of esters is 1. The number of carbonyl (C=O) groups is 5. The lowest BCUT2D eigenvalue weighted by Crippen LogP contribution is -2.58. The quantitative estimate of drug-likeness (QED) is 0.337. The molecule has 0 aromatic heterocycles. The Morgan fingerprint density at radius 2 is 1.66 bits per heavy atom. The van der Waals surface area contributed by atoms with Crippen molar-refractivity contribution in [3.63, 3.8) is 0 Å². The predicted octanol–water partition coefficient (Wildman–Crippen LogP) is 2.69. The van der Waals surface area contributed by atoms with Crippen LogP contribution in [0.25, 0.3) is 0 Å². The van der Waals surface area contributed by atoms with Crippen molar-refractivity contribution in [1.29, 1.82) is 0 Å². The summed E-state index contributed by atoms with van der Waals surface area (Å²) in [6.07, 6.45) is -1.14. The first-order valence-corrected chi connectivity index (χ1v) is 13.8. The van der Waals surface area contributed by atoms with E-state index in [1.165, 1.54) is 16.7 Å². The van der Waals surface area contributed by atoms with Gasteiger partial charge in [-0.15, -0.1) is 11.8 Å². The van der Waals surface area contributed by atoms with E-state index in [1.54, 1.807) is 72.7 Å². The Labute approximate surface area is 228 Å². The van der Waals surface area contributed by atoms with Crippen molar-refractivity contribution in [3.05, 3.63) is 35.9 Å². The summed E-state index contributed by atoms with van der Waals surface area (Å²) in [6, 6.07) is 6.02. The number of nitrogens with one attached hydrogen (secondary N) is 2. The van der Waals surface area contributed by atoms with Gasteiger partial charge in [-0.2, -0.15) is 0 Å². The number of nitrogens with zero attached hydrogens (tertiary/aromatic N) is 1. The van der Waals surface area contributed by atoms with E-state index in [0.29, 0.717) is 5.75 Å². The summed E-state index contributed by atoms with van der Waals surface area (Å²) in [7, 11) is 0. The van der Waals surface area contributed by atoms with Crippen LogP contribution >= 0.6 is 11.8 Å². The first-order valence-electron chi connectivity index (χ1n) is 12.7. The van der Waals surface area contributed by atoms with Gasteiger partial charge in [0.25, 0.3) is 5.78 Å². The van der Waals surface area contributed by atoms with Crippen LogP contribution < -0.4 is 10.6 Å². The number of ether oxygens (including phenoxy) is 2. The Morgan fingerprint density at radius 1 is 1.03 bits per heavy atom. The van der Waals surface area contributed by atoms with Crippen LogP contribution in [0.2, 0.25) is 0 Å². The normalized spacial score (nSPS) is 17.1. The van der Waals surface area contributed by atoms with E-state index < -0.39 is 59.5 Å². The molecule has 3 atom stereocenters. The molecule has 0 spiro atoms. The van der Waals surface area contributed by atoms with Crippen LogP contribution in [0, 0.1) is 5.92 Å². The minimum atomic E-state index is -1.17. The molecule has 3 amide bonds. The van der Waals surface area contributed by atoms with Crippen LogP contribution in [0.5, 0.6) is 0 Å². The van der Waals surface area contributed by atoms with Crippen molar-refractivity contribution in [2.24, 2.45) is 5.92 Å². The van der Waals surface area contributed by atoms with Gasteiger partial charge in [0, 0.05) is 12.2 Å².